The molecule has 0 spiro atoms. The molecule has 1 aromatic carbocycles. The first kappa shape index (κ1) is 17.9. The van der Waals surface area contributed by atoms with E-state index in [1.807, 2.05) is 0 Å². The molecule has 0 radical (unpaired) electrons. The molecule has 0 saturated heterocycles. The molecule has 2 rings (SSSR count). The predicted molar refractivity (Wildman–Crippen MR) is 83.1 cm³/mol. The van der Waals surface area contributed by atoms with Gasteiger partial charge in [0.25, 0.3) is 0 Å². The minimum absolute atomic E-state index is 0.0887. The van der Waals surface area contributed by atoms with Crippen LogP contribution in [0, 0.1) is 6.92 Å². The minimum atomic E-state index is -4.47. The molecule has 1 heterocycles. The Morgan fingerprint density at radius 3 is 2.58 bits per heavy atom. The number of hydrogen-bond acceptors (Lipinski definition) is 5. The third-order valence-corrected chi connectivity index (χ3v) is 3.68. The number of hydrogen-bond donors (Lipinski definition) is 1. The van der Waals surface area contributed by atoms with Crippen molar-refractivity contribution >= 4 is 23.6 Å². The van der Waals surface area contributed by atoms with Crippen LogP contribution in [-0.2, 0) is 0 Å². The lowest BCUT2D eigenvalue weighted by atomic mass is 10.1. The number of thioether (sulfide) groups is 1. The monoisotopic (exact) mass is 356 g/mol. The van der Waals surface area contributed by atoms with Crippen molar-refractivity contribution in [3.05, 3.63) is 63.7 Å². The minimum Gasteiger partial charge on any atom is -0.507 e. The summed E-state index contributed by atoms with van der Waals surface area (Å²) in [5.41, 5.74) is -5.90. The SMILES string of the molecule is Cc1cc(O)c(C(=O)/C=C/c2ccccc2SC(F)(F)F)c(=O)o1. The first-order valence-corrected chi connectivity index (χ1v) is 7.40. The van der Waals surface area contributed by atoms with Crippen LogP contribution in [0.3, 0.4) is 0 Å². The average Bonchev–Trinajstić information content (AvgIpc) is 2.43. The Labute approximate surface area is 138 Å². The molecule has 0 aliphatic carbocycles. The van der Waals surface area contributed by atoms with Crippen LogP contribution < -0.4 is 5.63 Å². The van der Waals surface area contributed by atoms with Crippen molar-refractivity contribution in [1.29, 1.82) is 0 Å². The largest absolute Gasteiger partial charge is 0.507 e. The van der Waals surface area contributed by atoms with Gasteiger partial charge in [0.1, 0.15) is 17.1 Å². The van der Waals surface area contributed by atoms with E-state index in [1.165, 1.54) is 31.2 Å². The maximum atomic E-state index is 12.5. The zero-order chi connectivity index (χ0) is 17.9. The zero-order valence-corrected chi connectivity index (χ0v) is 13.1. The number of ketones is 1. The number of halogens is 3. The first-order valence-electron chi connectivity index (χ1n) is 6.58. The van der Waals surface area contributed by atoms with E-state index in [0.29, 0.717) is 0 Å². The molecule has 1 aromatic heterocycles. The highest BCUT2D eigenvalue weighted by molar-refractivity contribution is 8.00. The zero-order valence-electron chi connectivity index (χ0n) is 12.3. The lowest BCUT2D eigenvalue weighted by molar-refractivity contribution is -0.0328. The van der Waals surface area contributed by atoms with Crippen LogP contribution >= 0.6 is 11.8 Å². The second-order valence-electron chi connectivity index (χ2n) is 4.69. The molecule has 0 amide bonds. The number of rotatable bonds is 4. The Kier molecular flexibility index (Phi) is 5.18. The van der Waals surface area contributed by atoms with E-state index in [9.17, 15) is 27.9 Å². The van der Waals surface area contributed by atoms with Gasteiger partial charge in [0.05, 0.1) is 0 Å². The fourth-order valence-electron chi connectivity index (χ4n) is 1.91. The van der Waals surface area contributed by atoms with Crippen LogP contribution in [0.2, 0.25) is 0 Å². The van der Waals surface area contributed by atoms with E-state index in [1.54, 1.807) is 0 Å². The lowest BCUT2D eigenvalue weighted by Gasteiger charge is -2.08. The molecule has 24 heavy (non-hydrogen) atoms. The summed E-state index contributed by atoms with van der Waals surface area (Å²) < 4.78 is 42.3. The van der Waals surface area contributed by atoms with Crippen molar-refractivity contribution in [1.82, 2.24) is 0 Å². The van der Waals surface area contributed by atoms with Crippen LogP contribution in [0.5, 0.6) is 5.75 Å². The summed E-state index contributed by atoms with van der Waals surface area (Å²) in [6.45, 7) is 1.43. The summed E-state index contributed by atoms with van der Waals surface area (Å²) in [5.74, 6) is -1.28. The highest BCUT2D eigenvalue weighted by Crippen LogP contribution is 2.38. The van der Waals surface area contributed by atoms with Crippen molar-refractivity contribution in [2.45, 2.75) is 17.3 Å². The number of carbonyl (C=O) groups is 1. The summed E-state index contributed by atoms with van der Waals surface area (Å²) in [6.07, 6.45) is 2.06. The third kappa shape index (κ3) is 4.51. The second-order valence-corrected chi connectivity index (χ2v) is 5.79. The summed E-state index contributed by atoms with van der Waals surface area (Å²) >= 11 is -0.309. The van der Waals surface area contributed by atoms with Crippen LogP contribution in [0.4, 0.5) is 13.2 Å². The Morgan fingerprint density at radius 1 is 1.29 bits per heavy atom. The first-order chi connectivity index (χ1) is 11.2. The van der Waals surface area contributed by atoms with Gasteiger partial charge in [0.15, 0.2) is 5.78 Å². The quantitative estimate of drug-likeness (QED) is 0.506. The number of alkyl halides is 3. The van der Waals surface area contributed by atoms with Gasteiger partial charge in [-0.2, -0.15) is 13.2 Å². The fourth-order valence-corrected chi connectivity index (χ4v) is 2.56. The number of allylic oxidation sites excluding steroid dienone is 1. The van der Waals surface area contributed by atoms with Crippen molar-refractivity contribution in [3.8, 4) is 5.75 Å². The molecule has 0 unspecified atom stereocenters. The highest BCUT2D eigenvalue weighted by Gasteiger charge is 2.30. The Morgan fingerprint density at radius 2 is 1.96 bits per heavy atom. The number of aryl methyl sites for hydroxylation is 1. The van der Waals surface area contributed by atoms with Crippen molar-refractivity contribution in [2.24, 2.45) is 0 Å². The van der Waals surface area contributed by atoms with Gasteiger partial charge >= 0.3 is 11.1 Å². The van der Waals surface area contributed by atoms with Gasteiger partial charge in [-0.25, -0.2) is 4.79 Å². The maximum Gasteiger partial charge on any atom is 0.446 e. The molecule has 0 fully saturated rings. The van der Waals surface area contributed by atoms with Crippen LogP contribution in [-0.4, -0.2) is 16.4 Å². The molecule has 0 saturated carbocycles. The molecule has 0 atom stereocenters. The molecule has 2 aromatic rings. The van der Waals surface area contributed by atoms with E-state index in [2.05, 4.69) is 0 Å². The van der Waals surface area contributed by atoms with E-state index < -0.39 is 28.2 Å². The van der Waals surface area contributed by atoms with Gasteiger partial charge < -0.3 is 9.52 Å². The van der Waals surface area contributed by atoms with Crippen LogP contribution in [0.15, 0.2) is 50.5 Å². The lowest BCUT2D eigenvalue weighted by Crippen LogP contribution is -2.13. The fraction of sp³-hybridized carbons (Fsp3) is 0.125. The Balaban J connectivity index is 2.32. The van der Waals surface area contributed by atoms with E-state index in [-0.39, 0.29) is 28.0 Å². The highest BCUT2D eigenvalue weighted by atomic mass is 32.2. The predicted octanol–water partition coefficient (Wildman–Crippen LogP) is 4.16. The van der Waals surface area contributed by atoms with Crippen LogP contribution in [0.1, 0.15) is 21.7 Å². The number of carbonyl (C=O) groups excluding carboxylic acids is 1. The Bertz CT molecular complexity index is 853. The average molecular weight is 356 g/mol. The molecule has 0 aliphatic rings. The van der Waals surface area contributed by atoms with Crippen molar-refractivity contribution in [2.75, 3.05) is 0 Å². The van der Waals surface area contributed by atoms with Crippen molar-refractivity contribution in [3.63, 3.8) is 0 Å². The molecule has 1 N–H and O–H groups in total. The topological polar surface area (TPSA) is 67.5 Å². The van der Waals surface area contributed by atoms with E-state index >= 15 is 0 Å². The molecule has 4 nitrogen and oxygen atoms in total. The van der Waals surface area contributed by atoms with Gasteiger partial charge in [-0.15, -0.1) is 0 Å². The van der Waals surface area contributed by atoms with Crippen LogP contribution in [0.25, 0.3) is 6.08 Å². The molecule has 126 valence electrons. The van der Waals surface area contributed by atoms with Gasteiger partial charge in [0, 0.05) is 11.0 Å². The molecular weight excluding hydrogens is 345 g/mol. The van der Waals surface area contributed by atoms with Gasteiger partial charge in [0.2, 0.25) is 0 Å². The molecular formula is C16H11F3O4S. The van der Waals surface area contributed by atoms with E-state index in [4.69, 9.17) is 4.42 Å². The third-order valence-electron chi connectivity index (χ3n) is 2.86. The molecule has 0 bridgehead atoms. The smallest absolute Gasteiger partial charge is 0.446 e. The normalized spacial score (nSPS) is 11.8. The van der Waals surface area contributed by atoms with Gasteiger partial charge in [-0.1, -0.05) is 18.2 Å². The summed E-state index contributed by atoms with van der Waals surface area (Å²) in [6, 6.07) is 6.72. The van der Waals surface area contributed by atoms with Gasteiger partial charge in [-0.05, 0) is 42.5 Å². The molecule has 8 heteroatoms. The number of aromatic hydroxyl groups is 1. The maximum absolute atomic E-state index is 12.5. The van der Waals surface area contributed by atoms with Gasteiger partial charge in [-0.3, -0.25) is 4.79 Å². The van der Waals surface area contributed by atoms with Crippen molar-refractivity contribution < 1.29 is 27.5 Å². The summed E-state index contributed by atoms with van der Waals surface area (Å²) in [7, 11) is 0. The van der Waals surface area contributed by atoms with E-state index in [0.717, 1.165) is 18.2 Å². The number of benzene rings is 1. The second kappa shape index (κ2) is 6.96. The summed E-state index contributed by atoms with van der Waals surface area (Å²) in [4.78, 5) is 23.6. The standard InChI is InChI=1S/C16H11F3O4S/c1-9-8-12(21)14(15(22)23-9)11(20)7-6-10-4-2-3-5-13(10)24-16(17,18)19/h2-8,21H,1H3/b7-6+. The molecule has 0 aliphatic heterocycles. The summed E-state index contributed by atoms with van der Waals surface area (Å²) in [5, 5.41) is 9.68. The Hall–Kier alpha value is -2.48.